The van der Waals surface area contributed by atoms with Gasteiger partial charge in [0.05, 0.1) is 0 Å². The Morgan fingerprint density at radius 2 is 2.00 bits per heavy atom. The monoisotopic (exact) mass is 333 g/mol. The minimum Gasteiger partial charge on any atom is -0.383 e. The number of anilines is 1. The summed E-state index contributed by atoms with van der Waals surface area (Å²) in [6.45, 7) is 4.54. The molecule has 1 aromatic heterocycles. The first kappa shape index (κ1) is 18.0. The fraction of sp³-hybridized carbons (Fsp3) is 0.588. The summed E-state index contributed by atoms with van der Waals surface area (Å²) in [6, 6.07) is 1.94. The molecule has 1 aromatic rings. The van der Waals surface area contributed by atoms with Crippen molar-refractivity contribution in [1.29, 1.82) is 0 Å². The number of aromatic nitrogens is 1. The molecular weight excluding hydrogens is 306 g/mol. The van der Waals surface area contributed by atoms with Gasteiger partial charge in [0.15, 0.2) is 0 Å². The Balaban J connectivity index is 1.67. The van der Waals surface area contributed by atoms with Crippen LogP contribution >= 0.6 is 0 Å². The second kappa shape index (κ2) is 8.52. The summed E-state index contributed by atoms with van der Waals surface area (Å²) in [5, 5.41) is 6.27. The predicted octanol–water partition coefficient (Wildman–Crippen LogP) is 1.31. The van der Waals surface area contributed by atoms with Gasteiger partial charge in [-0.15, -0.1) is 0 Å². The molecule has 1 aliphatic heterocycles. The van der Waals surface area contributed by atoms with Gasteiger partial charge in [0.2, 0.25) is 5.91 Å². The van der Waals surface area contributed by atoms with E-state index in [1.54, 1.807) is 30.1 Å². The standard InChI is InChI=1S/C17H27N5O2/c1-13-12-18-7-4-15(13)19-8-9-20-16(23)14-5-10-22(11-6-14)17(24)21(2)3/h4,7,12,14H,5-6,8-11H2,1-3H3,(H,18,19)(H,20,23). The highest BCUT2D eigenvalue weighted by Crippen LogP contribution is 2.18. The second-order valence-electron chi connectivity index (χ2n) is 6.35. The normalized spacial score (nSPS) is 15.0. The van der Waals surface area contributed by atoms with Gasteiger partial charge in [-0.1, -0.05) is 0 Å². The highest BCUT2D eigenvalue weighted by atomic mass is 16.2. The van der Waals surface area contributed by atoms with Crippen LogP contribution in [0.2, 0.25) is 0 Å². The second-order valence-corrected chi connectivity index (χ2v) is 6.35. The molecule has 7 heteroatoms. The number of pyridine rings is 1. The quantitative estimate of drug-likeness (QED) is 0.797. The Hall–Kier alpha value is -2.31. The van der Waals surface area contributed by atoms with Crippen molar-refractivity contribution < 1.29 is 9.59 Å². The summed E-state index contributed by atoms with van der Waals surface area (Å²) in [6.07, 6.45) is 5.01. The van der Waals surface area contributed by atoms with Gasteiger partial charge in [-0.2, -0.15) is 0 Å². The Labute approximate surface area is 143 Å². The van der Waals surface area contributed by atoms with Crippen molar-refractivity contribution in [2.75, 3.05) is 45.6 Å². The molecule has 0 spiro atoms. The number of nitrogens with one attached hydrogen (secondary N) is 2. The average Bonchev–Trinajstić information content (AvgIpc) is 2.59. The van der Waals surface area contributed by atoms with E-state index in [1.807, 2.05) is 19.2 Å². The first-order valence-corrected chi connectivity index (χ1v) is 8.37. The summed E-state index contributed by atoms with van der Waals surface area (Å²) < 4.78 is 0. The average molecular weight is 333 g/mol. The van der Waals surface area contributed by atoms with E-state index in [2.05, 4.69) is 15.6 Å². The van der Waals surface area contributed by atoms with Gasteiger partial charge in [0, 0.05) is 64.3 Å². The minimum absolute atomic E-state index is 0.00104. The zero-order chi connectivity index (χ0) is 17.5. The number of carbonyl (C=O) groups is 2. The molecule has 0 aromatic carbocycles. The molecule has 1 saturated heterocycles. The zero-order valence-electron chi connectivity index (χ0n) is 14.7. The molecular formula is C17H27N5O2. The van der Waals surface area contributed by atoms with Crippen LogP contribution in [0.4, 0.5) is 10.5 Å². The van der Waals surface area contributed by atoms with Crippen molar-refractivity contribution in [3.05, 3.63) is 24.0 Å². The molecule has 0 atom stereocenters. The summed E-state index contributed by atoms with van der Waals surface area (Å²) in [7, 11) is 3.50. The van der Waals surface area contributed by atoms with Crippen LogP contribution in [0.5, 0.6) is 0 Å². The van der Waals surface area contributed by atoms with Crippen molar-refractivity contribution in [2.24, 2.45) is 5.92 Å². The Morgan fingerprint density at radius 1 is 1.29 bits per heavy atom. The summed E-state index contributed by atoms with van der Waals surface area (Å²) in [5.74, 6) is 0.0825. The predicted molar refractivity (Wildman–Crippen MR) is 93.9 cm³/mol. The van der Waals surface area contributed by atoms with Crippen LogP contribution < -0.4 is 10.6 Å². The van der Waals surface area contributed by atoms with Crippen molar-refractivity contribution >= 4 is 17.6 Å². The highest BCUT2D eigenvalue weighted by Gasteiger charge is 2.27. The molecule has 2 N–H and O–H groups in total. The Bertz CT molecular complexity index is 568. The van der Waals surface area contributed by atoms with E-state index in [4.69, 9.17) is 0 Å². The largest absolute Gasteiger partial charge is 0.383 e. The third-order valence-electron chi connectivity index (χ3n) is 4.28. The molecule has 0 unspecified atom stereocenters. The first-order valence-electron chi connectivity index (χ1n) is 8.37. The third kappa shape index (κ3) is 4.84. The topological polar surface area (TPSA) is 77.6 Å². The number of nitrogens with zero attached hydrogens (tertiary/aromatic N) is 3. The number of carbonyl (C=O) groups excluding carboxylic acids is 2. The molecule has 1 fully saturated rings. The number of amides is 3. The van der Waals surface area contributed by atoms with Gasteiger partial charge in [0.1, 0.15) is 0 Å². The maximum Gasteiger partial charge on any atom is 0.319 e. The SMILES string of the molecule is Cc1cnccc1NCCNC(=O)C1CCN(C(=O)N(C)C)CC1. The van der Waals surface area contributed by atoms with Crippen LogP contribution in [0.3, 0.4) is 0 Å². The number of hydrogen-bond acceptors (Lipinski definition) is 4. The molecule has 1 aliphatic rings. The van der Waals surface area contributed by atoms with Gasteiger partial charge >= 0.3 is 6.03 Å². The summed E-state index contributed by atoms with van der Waals surface area (Å²) in [5.41, 5.74) is 2.12. The Kier molecular flexibility index (Phi) is 6.40. The summed E-state index contributed by atoms with van der Waals surface area (Å²) in [4.78, 5) is 31.5. The fourth-order valence-electron chi connectivity index (χ4n) is 2.81. The third-order valence-corrected chi connectivity index (χ3v) is 4.28. The molecule has 132 valence electrons. The van der Waals surface area contributed by atoms with E-state index in [9.17, 15) is 9.59 Å². The number of rotatable bonds is 5. The van der Waals surface area contributed by atoms with E-state index in [-0.39, 0.29) is 17.9 Å². The molecule has 2 rings (SSSR count). The lowest BCUT2D eigenvalue weighted by Gasteiger charge is -2.33. The van der Waals surface area contributed by atoms with Crippen LogP contribution in [0.25, 0.3) is 0 Å². The van der Waals surface area contributed by atoms with Crippen LogP contribution in [0.15, 0.2) is 18.5 Å². The molecule has 0 aliphatic carbocycles. The number of piperidine rings is 1. The number of aryl methyl sites for hydroxylation is 1. The van der Waals surface area contributed by atoms with Crippen molar-refractivity contribution in [3.8, 4) is 0 Å². The molecule has 7 nitrogen and oxygen atoms in total. The molecule has 0 saturated carbocycles. The molecule has 2 heterocycles. The molecule has 24 heavy (non-hydrogen) atoms. The van der Waals surface area contributed by atoms with E-state index in [0.29, 0.717) is 26.2 Å². The lowest BCUT2D eigenvalue weighted by Crippen LogP contribution is -2.46. The van der Waals surface area contributed by atoms with Crippen LogP contribution in [0, 0.1) is 12.8 Å². The van der Waals surface area contributed by atoms with E-state index >= 15 is 0 Å². The smallest absolute Gasteiger partial charge is 0.319 e. The lowest BCUT2D eigenvalue weighted by molar-refractivity contribution is -0.126. The van der Waals surface area contributed by atoms with Gasteiger partial charge < -0.3 is 20.4 Å². The van der Waals surface area contributed by atoms with Gasteiger partial charge in [-0.05, 0) is 31.4 Å². The van der Waals surface area contributed by atoms with Crippen LogP contribution in [0.1, 0.15) is 18.4 Å². The fourth-order valence-corrected chi connectivity index (χ4v) is 2.81. The number of hydrogen-bond donors (Lipinski definition) is 2. The van der Waals surface area contributed by atoms with Gasteiger partial charge in [0.25, 0.3) is 0 Å². The summed E-state index contributed by atoms with van der Waals surface area (Å²) >= 11 is 0. The van der Waals surface area contributed by atoms with Crippen LogP contribution in [-0.4, -0.2) is 67.0 Å². The van der Waals surface area contributed by atoms with E-state index in [0.717, 1.165) is 24.1 Å². The zero-order valence-corrected chi connectivity index (χ0v) is 14.7. The van der Waals surface area contributed by atoms with Gasteiger partial charge in [-0.25, -0.2) is 4.79 Å². The Morgan fingerprint density at radius 3 is 2.62 bits per heavy atom. The van der Waals surface area contributed by atoms with E-state index < -0.39 is 0 Å². The number of likely N-dealkylation sites (tertiary alicyclic amines) is 1. The molecule has 0 bridgehead atoms. The van der Waals surface area contributed by atoms with E-state index in [1.165, 1.54) is 0 Å². The maximum absolute atomic E-state index is 12.2. The molecule has 0 radical (unpaired) electrons. The van der Waals surface area contributed by atoms with Gasteiger partial charge in [-0.3, -0.25) is 9.78 Å². The minimum atomic E-state index is -0.00104. The number of urea groups is 1. The highest BCUT2D eigenvalue weighted by molar-refractivity contribution is 5.79. The lowest BCUT2D eigenvalue weighted by atomic mass is 9.96. The van der Waals surface area contributed by atoms with Crippen LogP contribution in [-0.2, 0) is 4.79 Å². The van der Waals surface area contributed by atoms with Crippen molar-refractivity contribution in [1.82, 2.24) is 20.1 Å². The molecule has 3 amide bonds. The van der Waals surface area contributed by atoms with Crippen molar-refractivity contribution in [2.45, 2.75) is 19.8 Å². The maximum atomic E-state index is 12.2. The first-order chi connectivity index (χ1) is 11.5. The van der Waals surface area contributed by atoms with Crippen molar-refractivity contribution in [3.63, 3.8) is 0 Å².